The summed E-state index contributed by atoms with van der Waals surface area (Å²) in [6.07, 6.45) is 4.59. The van der Waals surface area contributed by atoms with Crippen LogP contribution in [0, 0.1) is 5.82 Å². The van der Waals surface area contributed by atoms with E-state index in [2.05, 4.69) is 44.6 Å². The Morgan fingerprint density at radius 2 is 1.65 bits per heavy atom. The molecule has 2 aromatic carbocycles. The number of likely N-dealkylation sites (N-methyl/N-ethyl adjacent to an activating group) is 1. The number of nitrogens with zero attached hydrogens (tertiary/aromatic N) is 4. The number of rotatable bonds is 8. The van der Waals surface area contributed by atoms with Crippen molar-refractivity contribution in [2.45, 2.75) is 44.8 Å². The van der Waals surface area contributed by atoms with E-state index in [1.54, 1.807) is 6.20 Å². The molecule has 0 unspecified atom stereocenters. The standard InChI is InChI=1S/C32H36FN7O3/c1-20(41)43-26-13-9-23(10-14-26)35-31-28-27(29(42)21-3-5-22(33)6-4-21)19-34-30(28)37-32(38-31)36-24-7-11-25(12-8-24)40-17-15-39(2)16-18-40/h3-8,11-12,19,23,26H,9-10,13-18H2,1-2H3,(H3,34,35,36,37,38). The van der Waals surface area contributed by atoms with Crippen molar-refractivity contribution in [3.63, 3.8) is 0 Å². The van der Waals surface area contributed by atoms with E-state index in [1.165, 1.54) is 36.9 Å². The summed E-state index contributed by atoms with van der Waals surface area (Å²) in [6.45, 7) is 5.50. The molecule has 2 aliphatic rings. The topological polar surface area (TPSA) is 115 Å². The van der Waals surface area contributed by atoms with Gasteiger partial charge in [0.15, 0.2) is 5.78 Å². The van der Waals surface area contributed by atoms with Gasteiger partial charge >= 0.3 is 5.97 Å². The van der Waals surface area contributed by atoms with Gasteiger partial charge in [0, 0.05) is 62.3 Å². The van der Waals surface area contributed by atoms with Crippen LogP contribution in [0.1, 0.15) is 48.5 Å². The number of fused-ring (bicyclic) bond motifs is 1. The lowest BCUT2D eigenvalue weighted by molar-refractivity contribution is -0.147. The average molecular weight is 586 g/mol. The first-order chi connectivity index (χ1) is 20.8. The average Bonchev–Trinajstić information content (AvgIpc) is 3.43. The predicted molar refractivity (Wildman–Crippen MR) is 165 cm³/mol. The summed E-state index contributed by atoms with van der Waals surface area (Å²) < 4.78 is 18.9. The third-order valence-corrected chi connectivity index (χ3v) is 8.22. The maximum Gasteiger partial charge on any atom is 0.302 e. The molecule has 1 aliphatic carbocycles. The number of aromatic nitrogens is 3. The monoisotopic (exact) mass is 585 g/mol. The van der Waals surface area contributed by atoms with Crippen molar-refractivity contribution >= 4 is 45.9 Å². The quantitative estimate of drug-likeness (QED) is 0.192. The molecule has 4 aromatic rings. The maximum atomic E-state index is 13.5. The molecule has 1 saturated carbocycles. The number of ketones is 1. The molecule has 0 amide bonds. The lowest BCUT2D eigenvalue weighted by atomic mass is 9.92. The number of ether oxygens (including phenoxy) is 1. The molecule has 3 heterocycles. The number of carbonyl (C=O) groups is 2. The lowest BCUT2D eigenvalue weighted by Gasteiger charge is -2.34. The second kappa shape index (κ2) is 12.4. The van der Waals surface area contributed by atoms with Crippen molar-refractivity contribution in [1.82, 2.24) is 19.9 Å². The van der Waals surface area contributed by atoms with E-state index in [9.17, 15) is 14.0 Å². The van der Waals surface area contributed by atoms with Crippen molar-refractivity contribution in [2.75, 3.05) is 48.8 Å². The maximum absolute atomic E-state index is 13.5. The molecule has 0 atom stereocenters. The number of esters is 1. The minimum absolute atomic E-state index is 0.0734. The van der Waals surface area contributed by atoms with Crippen LogP contribution in [0.2, 0.25) is 0 Å². The summed E-state index contributed by atoms with van der Waals surface area (Å²) in [7, 11) is 2.14. The number of nitrogens with one attached hydrogen (secondary N) is 3. The van der Waals surface area contributed by atoms with Crippen LogP contribution in [-0.2, 0) is 9.53 Å². The number of carbonyl (C=O) groups excluding carboxylic acids is 2. The van der Waals surface area contributed by atoms with Crippen LogP contribution in [0.15, 0.2) is 54.7 Å². The van der Waals surface area contributed by atoms with Gasteiger partial charge in [0.25, 0.3) is 0 Å². The third kappa shape index (κ3) is 6.61. The summed E-state index contributed by atoms with van der Waals surface area (Å²) in [5.74, 6) is -0.00488. The fourth-order valence-electron chi connectivity index (χ4n) is 5.83. The van der Waals surface area contributed by atoms with Crippen LogP contribution in [0.4, 0.5) is 27.5 Å². The zero-order valence-corrected chi connectivity index (χ0v) is 24.4. The highest BCUT2D eigenvalue weighted by Gasteiger charge is 2.26. The third-order valence-electron chi connectivity index (χ3n) is 8.22. The van der Waals surface area contributed by atoms with Gasteiger partial charge in [-0.3, -0.25) is 9.59 Å². The van der Waals surface area contributed by atoms with Gasteiger partial charge in [0.2, 0.25) is 5.95 Å². The van der Waals surface area contributed by atoms with E-state index < -0.39 is 5.82 Å². The minimum Gasteiger partial charge on any atom is -0.463 e. The first kappa shape index (κ1) is 28.6. The molecule has 0 bridgehead atoms. The molecular weight excluding hydrogens is 549 g/mol. The van der Waals surface area contributed by atoms with E-state index in [0.29, 0.717) is 33.9 Å². The Morgan fingerprint density at radius 3 is 2.33 bits per heavy atom. The molecule has 2 fully saturated rings. The Kier molecular flexibility index (Phi) is 8.24. The number of H-pyrrole nitrogens is 1. The van der Waals surface area contributed by atoms with E-state index >= 15 is 0 Å². The van der Waals surface area contributed by atoms with Crippen LogP contribution < -0.4 is 15.5 Å². The molecule has 2 aromatic heterocycles. The highest BCUT2D eigenvalue weighted by atomic mass is 19.1. The van der Waals surface area contributed by atoms with Crippen LogP contribution in [0.5, 0.6) is 0 Å². The molecule has 10 nitrogen and oxygen atoms in total. The Bertz CT molecular complexity index is 1590. The van der Waals surface area contributed by atoms with Gasteiger partial charge in [0.1, 0.15) is 23.4 Å². The normalized spacial score (nSPS) is 19.3. The van der Waals surface area contributed by atoms with Crippen LogP contribution in [0.25, 0.3) is 11.0 Å². The van der Waals surface area contributed by atoms with Gasteiger partial charge in [-0.15, -0.1) is 0 Å². The molecule has 3 N–H and O–H groups in total. The summed E-state index contributed by atoms with van der Waals surface area (Å²) >= 11 is 0. The van der Waals surface area contributed by atoms with E-state index in [1.807, 2.05) is 12.1 Å². The molecular formula is C32H36FN7O3. The van der Waals surface area contributed by atoms with E-state index in [0.717, 1.165) is 57.5 Å². The SMILES string of the molecule is CC(=O)OC1CCC(Nc2nc(Nc3ccc(N4CCN(C)CC4)cc3)nc3[nH]cc(C(=O)c4ccc(F)cc4)c23)CC1. The van der Waals surface area contributed by atoms with Crippen LogP contribution in [0.3, 0.4) is 0 Å². The Balaban J connectivity index is 1.27. The smallest absolute Gasteiger partial charge is 0.302 e. The number of hydrogen-bond donors (Lipinski definition) is 3. The zero-order valence-electron chi connectivity index (χ0n) is 24.4. The molecule has 0 radical (unpaired) electrons. The van der Waals surface area contributed by atoms with Gasteiger partial charge in [-0.2, -0.15) is 9.97 Å². The van der Waals surface area contributed by atoms with Gasteiger partial charge in [-0.25, -0.2) is 4.39 Å². The van der Waals surface area contributed by atoms with Crippen molar-refractivity contribution in [3.05, 3.63) is 71.7 Å². The zero-order chi connectivity index (χ0) is 29.9. The largest absolute Gasteiger partial charge is 0.463 e. The number of aromatic amines is 1. The van der Waals surface area contributed by atoms with Crippen molar-refractivity contribution in [2.24, 2.45) is 0 Å². The van der Waals surface area contributed by atoms with Crippen LogP contribution in [-0.4, -0.2) is 77.0 Å². The van der Waals surface area contributed by atoms with Gasteiger partial charge in [-0.05, 0) is 81.3 Å². The van der Waals surface area contributed by atoms with Crippen molar-refractivity contribution in [1.29, 1.82) is 0 Å². The highest BCUT2D eigenvalue weighted by Crippen LogP contribution is 2.32. The van der Waals surface area contributed by atoms with Crippen molar-refractivity contribution < 1.29 is 18.7 Å². The number of benzene rings is 2. The Morgan fingerprint density at radius 1 is 0.953 bits per heavy atom. The molecule has 43 heavy (non-hydrogen) atoms. The summed E-state index contributed by atoms with van der Waals surface area (Å²) in [6, 6.07) is 13.8. The van der Waals surface area contributed by atoms with Gasteiger partial charge < -0.3 is 30.2 Å². The van der Waals surface area contributed by atoms with Gasteiger partial charge in [0.05, 0.1) is 10.9 Å². The number of halogens is 1. The predicted octanol–water partition coefficient (Wildman–Crippen LogP) is 5.11. The fraction of sp³-hybridized carbons (Fsp3) is 0.375. The summed E-state index contributed by atoms with van der Waals surface area (Å²) in [5.41, 5.74) is 3.31. The number of anilines is 4. The molecule has 224 valence electrons. The first-order valence-corrected chi connectivity index (χ1v) is 14.8. The number of hydrogen-bond acceptors (Lipinski definition) is 9. The molecule has 1 saturated heterocycles. The molecule has 11 heteroatoms. The fourth-order valence-corrected chi connectivity index (χ4v) is 5.83. The Labute approximate surface area is 249 Å². The minimum atomic E-state index is -0.405. The summed E-state index contributed by atoms with van der Waals surface area (Å²) in [4.78, 5) is 42.3. The lowest BCUT2D eigenvalue weighted by Crippen LogP contribution is -2.44. The highest BCUT2D eigenvalue weighted by molar-refractivity contribution is 6.18. The van der Waals surface area contributed by atoms with Crippen molar-refractivity contribution in [3.8, 4) is 0 Å². The van der Waals surface area contributed by atoms with Gasteiger partial charge in [-0.1, -0.05) is 0 Å². The van der Waals surface area contributed by atoms with Crippen LogP contribution >= 0.6 is 0 Å². The van der Waals surface area contributed by atoms with E-state index in [4.69, 9.17) is 14.7 Å². The Hall–Kier alpha value is -4.51. The second-order valence-electron chi connectivity index (χ2n) is 11.3. The first-order valence-electron chi connectivity index (χ1n) is 14.8. The molecule has 1 aliphatic heterocycles. The second-order valence-corrected chi connectivity index (χ2v) is 11.3. The molecule has 0 spiro atoms. The number of piperazine rings is 1. The summed E-state index contributed by atoms with van der Waals surface area (Å²) in [5, 5.41) is 7.45. The van der Waals surface area contributed by atoms with E-state index in [-0.39, 0.29) is 23.9 Å². The molecule has 6 rings (SSSR count).